The van der Waals surface area contributed by atoms with Gasteiger partial charge in [0.25, 0.3) is 0 Å². The van der Waals surface area contributed by atoms with Gasteiger partial charge in [-0.25, -0.2) is 0 Å². The molecule has 1 atom stereocenters. The molecule has 0 bridgehead atoms. The summed E-state index contributed by atoms with van der Waals surface area (Å²) in [5.74, 6) is 0.397. The Morgan fingerprint density at radius 2 is 1.87 bits per heavy atom. The lowest BCUT2D eigenvalue weighted by atomic mass is 9.85. The average molecular weight is 212 g/mol. The first kappa shape index (κ1) is 10.9. The third-order valence-corrected chi connectivity index (χ3v) is 3.60. The molecular formula is C11H20N2O2. The third kappa shape index (κ3) is 2.49. The van der Waals surface area contributed by atoms with Crippen LogP contribution in [0.25, 0.3) is 0 Å². The molecular weight excluding hydrogens is 192 g/mol. The first-order valence-electron chi connectivity index (χ1n) is 5.89. The van der Waals surface area contributed by atoms with Crippen molar-refractivity contribution in [2.45, 2.75) is 44.2 Å². The van der Waals surface area contributed by atoms with Gasteiger partial charge in [0, 0.05) is 25.0 Å². The van der Waals surface area contributed by atoms with Crippen molar-refractivity contribution in [3.63, 3.8) is 0 Å². The number of carbonyl (C=O) groups is 1. The van der Waals surface area contributed by atoms with E-state index in [9.17, 15) is 9.90 Å². The van der Waals surface area contributed by atoms with E-state index in [2.05, 4.69) is 0 Å². The van der Waals surface area contributed by atoms with Gasteiger partial charge in [0.2, 0.25) is 5.91 Å². The van der Waals surface area contributed by atoms with Crippen molar-refractivity contribution < 1.29 is 9.90 Å². The van der Waals surface area contributed by atoms with Gasteiger partial charge in [0.1, 0.15) is 0 Å². The van der Waals surface area contributed by atoms with Crippen LogP contribution in [0.3, 0.4) is 0 Å². The summed E-state index contributed by atoms with van der Waals surface area (Å²) < 4.78 is 0. The predicted octanol–water partition coefficient (Wildman–Crippen LogP) is 0.0971. The molecule has 1 saturated heterocycles. The van der Waals surface area contributed by atoms with Crippen molar-refractivity contribution in [1.82, 2.24) is 4.90 Å². The van der Waals surface area contributed by atoms with Gasteiger partial charge in [0.05, 0.1) is 6.10 Å². The fraction of sp³-hybridized carbons (Fsp3) is 0.909. The number of aliphatic hydroxyl groups excluding tert-OH is 1. The number of nitrogens with zero attached hydrogens (tertiary/aromatic N) is 1. The van der Waals surface area contributed by atoms with Gasteiger partial charge in [-0.05, 0) is 32.1 Å². The summed E-state index contributed by atoms with van der Waals surface area (Å²) in [4.78, 5) is 13.8. The number of aliphatic hydroxyl groups is 1. The molecule has 4 nitrogen and oxygen atoms in total. The van der Waals surface area contributed by atoms with Crippen LogP contribution in [0.5, 0.6) is 0 Å². The molecule has 0 aromatic heterocycles. The second kappa shape index (κ2) is 4.49. The molecule has 15 heavy (non-hydrogen) atoms. The molecule has 0 aromatic rings. The van der Waals surface area contributed by atoms with E-state index in [-0.39, 0.29) is 17.9 Å². The molecule has 2 fully saturated rings. The molecule has 2 rings (SSSR count). The van der Waals surface area contributed by atoms with Gasteiger partial charge in [-0.15, -0.1) is 0 Å². The van der Waals surface area contributed by atoms with Crippen molar-refractivity contribution in [3.8, 4) is 0 Å². The summed E-state index contributed by atoms with van der Waals surface area (Å²) in [6.45, 7) is 1.25. The van der Waals surface area contributed by atoms with Crippen molar-refractivity contribution >= 4 is 5.91 Å². The van der Waals surface area contributed by atoms with Crippen LogP contribution in [-0.2, 0) is 4.79 Å². The van der Waals surface area contributed by atoms with Gasteiger partial charge < -0.3 is 15.7 Å². The van der Waals surface area contributed by atoms with Crippen LogP contribution in [0, 0.1) is 5.92 Å². The molecule has 0 spiro atoms. The Morgan fingerprint density at radius 1 is 1.20 bits per heavy atom. The van der Waals surface area contributed by atoms with E-state index >= 15 is 0 Å². The molecule has 1 heterocycles. The van der Waals surface area contributed by atoms with Crippen molar-refractivity contribution in [2.75, 3.05) is 13.1 Å². The number of rotatable bonds is 1. The van der Waals surface area contributed by atoms with Crippen LogP contribution in [0.1, 0.15) is 32.1 Å². The van der Waals surface area contributed by atoms with E-state index in [1.807, 2.05) is 4.90 Å². The normalized spacial score (nSPS) is 36.9. The van der Waals surface area contributed by atoms with Gasteiger partial charge in [-0.2, -0.15) is 0 Å². The largest absolute Gasteiger partial charge is 0.391 e. The monoisotopic (exact) mass is 212 g/mol. The van der Waals surface area contributed by atoms with Crippen LogP contribution >= 0.6 is 0 Å². The molecule has 1 aliphatic carbocycles. The molecule has 0 radical (unpaired) electrons. The standard InChI is InChI=1S/C11H20N2O2/c12-9-3-1-8(2-4-9)11(15)13-6-5-10(14)7-13/h8-10,14H,1-7,12H2/t8?,9?,10-/m0/s1. The molecule has 3 N–H and O–H groups in total. The molecule has 1 aliphatic heterocycles. The van der Waals surface area contributed by atoms with E-state index in [1.54, 1.807) is 0 Å². The maximum Gasteiger partial charge on any atom is 0.225 e. The summed E-state index contributed by atoms with van der Waals surface area (Å²) in [6.07, 6.45) is 4.20. The summed E-state index contributed by atoms with van der Waals surface area (Å²) in [5, 5.41) is 9.38. The van der Waals surface area contributed by atoms with E-state index in [1.165, 1.54) is 0 Å². The molecule has 0 aromatic carbocycles. The van der Waals surface area contributed by atoms with Crippen LogP contribution in [0.4, 0.5) is 0 Å². The van der Waals surface area contributed by atoms with Crippen LogP contribution in [0.2, 0.25) is 0 Å². The Bertz CT molecular complexity index is 237. The summed E-state index contributed by atoms with van der Waals surface area (Å²) in [6, 6.07) is 0.290. The molecule has 86 valence electrons. The number of carbonyl (C=O) groups excluding carboxylic acids is 1. The lowest BCUT2D eigenvalue weighted by Gasteiger charge is -2.28. The highest BCUT2D eigenvalue weighted by molar-refractivity contribution is 5.79. The van der Waals surface area contributed by atoms with E-state index in [0.717, 1.165) is 38.6 Å². The Labute approximate surface area is 90.4 Å². The molecule has 1 saturated carbocycles. The minimum Gasteiger partial charge on any atom is -0.391 e. The SMILES string of the molecule is NC1CCC(C(=O)N2CC[C@H](O)C2)CC1. The highest BCUT2D eigenvalue weighted by atomic mass is 16.3. The fourth-order valence-electron chi connectivity index (χ4n) is 2.57. The number of likely N-dealkylation sites (tertiary alicyclic amines) is 1. The van der Waals surface area contributed by atoms with E-state index in [4.69, 9.17) is 5.73 Å². The number of β-amino-alcohol motifs (C(OH)–C–C–N with tert-alkyl or cyclic N) is 1. The van der Waals surface area contributed by atoms with Gasteiger partial charge in [0.15, 0.2) is 0 Å². The highest BCUT2D eigenvalue weighted by Gasteiger charge is 2.31. The smallest absolute Gasteiger partial charge is 0.225 e. The molecule has 4 heteroatoms. The topological polar surface area (TPSA) is 66.6 Å². The maximum atomic E-state index is 12.0. The lowest BCUT2D eigenvalue weighted by Crippen LogP contribution is -2.38. The summed E-state index contributed by atoms with van der Waals surface area (Å²) in [5.41, 5.74) is 5.81. The van der Waals surface area contributed by atoms with Crippen molar-refractivity contribution in [2.24, 2.45) is 11.7 Å². The zero-order chi connectivity index (χ0) is 10.8. The first-order chi connectivity index (χ1) is 7.16. The first-order valence-corrected chi connectivity index (χ1v) is 5.89. The summed E-state index contributed by atoms with van der Waals surface area (Å²) in [7, 11) is 0. The van der Waals surface area contributed by atoms with Gasteiger partial charge >= 0.3 is 0 Å². The second-order valence-electron chi connectivity index (χ2n) is 4.84. The average Bonchev–Trinajstić information content (AvgIpc) is 2.65. The van der Waals surface area contributed by atoms with E-state index < -0.39 is 0 Å². The molecule has 1 amide bonds. The van der Waals surface area contributed by atoms with Crippen LogP contribution in [-0.4, -0.2) is 41.1 Å². The number of hydrogen-bond acceptors (Lipinski definition) is 3. The Hall–Kier alpha value is -0.610. The van der Waals surface area contributed by atoms with Gasteiger partial charge in [-0.3, -0.25) is 4.79 Å². The second-order valence-corrected chi connectivity index (χ2v) is 4.84. The van der Waals surface area contributed by atoms with Gasteiger partial charge in [-0.1, -0.05) is 0 Å². The third-order valence-electron chi connectivity index (χ3n) is 3.60. The number of amides is 1. The minimum absolute atomic E-state index is 0.162. The molecule has 2 aliphatic rings. The fourth-order valence-corrected chi connectivity index (χ4v) is 2.57. The Kier molecular flexibility index (Phi) is 3.26. The van der Waals surface area contributed by atoms with Crippen LogP contribution < -0.4 is 5.73 Å². The molecule has 0 unspecified atom stereocenters. The quantitative estimate of drug-likeness (QED) is 0.647. The maximum absolute atomic E-state index is 12.0. The Morgan fingerprint density at radius 3 is 2.40 bits per heavy atom. The predicted molar refractivity (Wildman–Crippen MR) is 57.1 cm³/mol. The van der Waals surface area contributed by atoms with E-state index in [0.29, 0.717) is 12.6 Å². The number of hydrogen-bond donors (Lipinski definition) is 2. The zero-order valence-electron chi connectivity index (χ0n) is 9.06. The van der Waals surface area contributed by atoms with Crippen molar-refractivity contribution in [1.29, 1.82) is 0 Å². The van der Waals surface area contributed by atoms with Crippen molar-refractivity contribution in [3.05, 3.63) is 0 Å². The minimum atomic E-state index is -0.306. The highest BCUT2D eigenvalue weighted by Crippen LogP contribution is 2.26. The Balaban J connectivity index is 1.85. The lowest BCUT2D eigenvalue weighted by molar-refractivity contribution is -0.135. The number of nitrogens with two attached hydrogens (primary N) is 1. The summed E-state index contributed by atoms with van der Waals surface area (Å²) >= 11 is 0. The zero-order valence-corrected chi connectivity index (χ0v) is 9.06. The van der Waals surface area contributed by atoms with Crippen LogP contribution in [0.15, 0.2) is 0 Å².